The average molecular weight is 272 g/mol. The van der Waals surface area contributed by atoms with Gasteiger partial charge in [-0.05, 0) is 45.1 Å². The maximum absolute atomic E-state index is 11.5. The van der Waals surface area contributed by atoms with Gasteiger partial charge in [0.15, 0.2) is 0 Å². The molecule has 5 heteroatoms. The molecule has 0 amide bonds. The Hall–Kier alpha value is -0.130. The van der Waals surface area contributed by atoms with Gasteiger partial charge in [0, 0.05) is 24.7 Å². The number of nitrogens with zero attached hydrogens (tertiary/aromatic N) is 1. The molecule has 0 aromatic heterocycles. The van der Waals surface area contributed by atoms with E-state index >= 15 is 0 Å². The number of nitrogens with one attached hydrogen (secondary N) is 1. The van der Waals surface area contributed by atoms with Gasteiger partial charge in [0.2, 0.25) is 0 Å². The summed E-state index contributed by atoms with van der Waals surface area (Å²) >= 11 is 0. The molecule has 3 aliphatic rings. The van der Waals surface area contributed by atoms with Crippen LogP contribution in [0.5, 0.6) is 0 Å². The molecule has 4 nitrogen and oxygen atoms in total. The predicted molar refractivity (Wildman–Crippen MR) is 72.3 cm³/mol. The second-order valence-corrected chi connectivity index (χ2v) is 9.02. The van der Waals surface area contributed by atoms with Gasteiger partial charge in [0.05, 0.1) is 11.5 Å². The summed E-state index contributed by atoms with van der Waals surface area (Å²) in [4.78, 5) is 2.61. The summed E-state index contributed by atoms with van der Waals surface area (Å²) in [6, 6.07) is 0.481. The van der Waals surface area contributed by atoms with E-state index in [4.69, 9.17) is 0 Å². The van der Waals surface area contributed by atoms with Crippen LogP contribution in [0.4, 0.5) is 0 Å². The van der Waals surface area contributed by atoms with Gasteiger partial charge >= 0.3 is 0 Å². The van der Waals surface area contributed by atoms with Crippen LogP contribution in [0.1, 0.15) is 26.7 Å². The zero-order valence-electron chi connectivity index (χ0n) is 11.4. The molecular formula is C13H24N2O2S. The summed E-state index contributed by atoms with van der Waals surface area (Å²) in [7, 11) is -2.74. The van der Waals surface area contributed by atoms with E-state index < -0.39 is 9.84 Å². The molecule has 2 atom stereocenters. The van der Waals surface area contributed by atoms with Gasteiger partial charge in [-0.15, -0.1) is 0 Å². The Kier molecular flexibility index (Phi) is 2.99. The molecule has 104 valence electrons. The summed E-state index contributed by atoms with van der Waals surface area (Å²) in [6.07, 6.45) is 1.66. The summed E-state index contributed by atoms with van der Waals surface area (Å²) in [6.45, 7) is 8.09. The average Bonchev–Trinajstić information content (AvgIpc) is 2.82. The second kappa shape index (κ2) is 4.18. The monoisotopic (exact) mass is 272 g/mol. The van der Waals surface area contributed by atoms with Crippen molar-refractivity contribution in [3.8, 4) is 0 Å². The Bertz CT molecular complexity index is 418. The lowest BCUT2D eigenvalue weighted by Gasteiger charge is -2.42. The van der Waals surface area contributed by atoms with Crippen LogP contribution in [0, 0.1) is 11.8 Å². The van der Waals surface area contributed by atoms with Gasteiger partial charge in [0.25, 0.3) is 0 Å². The normalized spacial score (nSPS) is 39.9. The van der Waals surface area contributed by atoms with Crippen LogP contribution >= 0.6 is 0 Å². The number of fused-ring (bicyclic) bond motifs is 1. The van der Waals surface area contributed by atoms with Gasteiger partial charge in [-0.25, -0.2) is 8.42 Å². The van der Waals surface area contributed by atoms with E-state index in [-0.39, 0.29) is 5.54 Å². The highest BCUT2D eigenvalue weighted by molar-refractivity contribution is 7.91. The van der Waals surface area contributed by atoms with Gasteiger partial charge in [-0.3, -0.25) is 4.90 Å². The molecule has 0 aliphatic carbocycles. The maximum atomic E-state index is 11.5. The van der Waals surface area contributed by atoms with E-state index in [9.17, 15) is 8.42 Å². The fraction of sp³-hybridized carbons (Fsp3) is 1.00. The third kappa shape index (κ3) is 2.00. The Labute approximate surface area is 110 Å². The van der Waals surface area contributed by atoms with Crippen LogP contribution in [0.25, 0.3) is 0 Å². The Morgan fingerprint density at radius 2 is 1.83 bits per heavy atom. The van der Waals surface area contributed by atoms with Crippen molar-refractivity contribution < 1.29 is 8.42 Å². The van der Waals surface area contributed by atoms with Crippen molar-refractivity contribution in [1.29, 1.82) is 0 Å². The van der Waals surface area contributed by atoms with Crippen molar-refractivity contribution in [1.82, 2.24) is 10.2 Å². The SMILES string of the molecule is CC1(C)C2CNCC2CN1C1CCS(=O)(=O)CC1. The van der Waals surface area contributed by atoms with E-state index in [2.05, 4.69) is 24.1 Å². The summed E-state index contributed by atoms with van der Waals surface area (Å²) in [5.74, 6) is 2.27. The number of rotatable bonds is 1. The highest BCUT2D eigenvalue weighted by Gasteiger charge is 2.51. The molecule has 2 unspecified atom stereocenters. The van der Waals surface area contributed by atoms with Crippen molar-refractivity contribution in [3.05, 3.63) is 0 Å². The molecule has 3 fully saturated rings. The smallest absolute Gasteiger partial charge is 0.150 e. The van der Waals surface area contributed by atoms with Crippen molar-refractivity contribution >= 4 is 9.84 Å². The van der Waals surface area contributed by atoms with E-state index in [0.29, 0.717) is 17.5 Å². The summed E-state index contributed by atoms with van der Waals surface area (Å²) in [5, 5.41) is 3.49. The minimum atomic E-state index is -2.74. The highest BCUT2D eigenvalue weighted by Crippen LogP contribution is 2.43. The van der Waals surface area contributed by atoms with E-state index in [1.165, 1.54) is 0 Å². The van der Waals surface area contributed by atoms with E-state index in [0.717, 1.165) is 44.3 Å². The molecule has 0 aromatic carbocycles. The molecule has 18 heavy (non-hydrogen) atoms. The van der Waals surface area contributed by atoms with E-state index in [1.54, 1.807) is 0 Å². The van der Waals surface area contributed by atoms with Crippen LogP contribution in [0.15, 0.2) is 0 Å². The molecule has 3 aliphatic heterocycles. The Morgan fingerprint density at radius 1 is 1.17 bits per heavy atom. The lowest BCUT2D eigenvalue weighted by Crippen LogP contribution is -2.51. The zero-order chi connectivity index (χ0) is 13.0. The number of sulfone groups is 1. The zero-order valence-corrected chi connectivity index (χ0v) is 12.2. The first-order valence-electron chi connectivity index (χ1n) is 7.08. The van der Waals surface area contributed by atoms with Crippen molar-refractivity contribution in [2.75, 3.05) is 31.1 Å². The summed E-state index contributed by atoms with van der Waals surface area (Å²) < 4.78 is 23.1. The van der Waals surface area contributed by atoms with Gasteiger partial charge in [-0.1, -0.05) is 0 Å². The molecule has 0 saturated carbocycles. The fourth-order valence-corrected chi connectivity index (χ4v) is 5.73. The Morgan fingerprint density at radius 3 is 2.44 bits per heavy atom. The number of likely N-dealkylation sites (tertiary alicyclic amines) is 1. The lowest BCUT2D eigenvalue weighted by atomic mass is 9.84. The molecule has 0 radical (unpaired) electrons. The molecular weight excluding hydrogens is 248 g/mol. The lowest BCUT2D eigenvalue weighted by molar-refractivity contribution is 0.0829. The third-order valence-electron chi connectivity index (χ3n) is 5.38. The van der Waals surface area contributed by atoms with Crippen molar-refractivity contribution in [2.45, 2.75) is 38.3 Å². The molecule has 0 spiro atoms. The first kappa shape index (κ1) is 12.9. The van der Waals surface area contributed by atoms with Crippen LogP contribution in [0.3, 0.4) is 0 Å². The standard InChI is InChI=1S/C13H24N2O2S/c1-13(2)12-8-14-7-10(12)9-15(13)11-3-5-18(16,17)6-4-11/h10-12,14H,3-9H2,1-2H3. The fourth-order valence-electron chi connectivity index (χ4n) is 4.26. The van der Waals surface area contributed by atoms with Crippen LogP contribution < -0.4 is 5.32 Å². The third-order valence-corrected chi connectivity index (χ3v) is 7.10. The topological polar surface area (TPSA) is 49.4 Å². The highest BCUT2D eigenvalue weighted by atomic mass is 32.2. The molecule has 0 aromatic rings. The van der Waals surface area contributed by atoms with Gasteiger partial charge in [-0.2, -0.15) is 0 Å². The maximum Gasteiger partial charge on any atom is 0.150 e. The quantitative estimate of drug-likeness (QED) is 0.755. The second-order valence-electron chi connectivity index (χ2n) is 6.71. The van der Waals surface area contributed by atoms with Gasteiger partial charge in [0.1, 0.15) is 9.84 Å². The van der Waals surface area contributed by atoms with Crippen LogP contribution in [-0.4, -0.2) is 56.0 Å². The largest absolute Gasteiger partial charge is 0.316 e. The molecule has 3 saturated heterocycles. The van der Waals surface area contributed by atoms with Crippen LogP contribution in [-0.2, 0) is 9.84 Å². The molecule has 3 heterocycles. The van der Waals surface area contributed by atoms with Crippen LogP contribution in [0.2, 0.25) is 0 Å². The van der Waals surface area contributed by atoms with Crippen molar-refractivity contribution in [2.24, 2.45) is 11.8 Å². The Balaban J connectivity index is 1.74. The minimum Gasteiger partial charge on any atom is -0.316 e. The molecule has 0 bridgehead atoms. The van der Waals surface area contributed by atoms with Gasteiger partial charge < -0.3 is 5.32 Å². The first-order chi connectivity index (χ1) is 8.40. The van der Waals surface area contributed by atoms with E-state index in [1.807, 2.05) is 0 Å². The molecule has 1 N–H and O–H groups in total. The summed E-state index contributed by atoms with van der Waals surface area (Å²) in [5.41, 5.74) is 0.222. The number of hydrogen-bond donors (Lipinski definition) is 1. The molecule has 3 rings (SSSR count). The first-order valence-corrected chi connectivity index (χ1v) is 8.90. The predicted octanol–water partition coefficient (Wildman–Crippen LogP) is 0.493. The minimum absolute atomic E-state index is 0.222. The number of hydrogen-bond acceptors (Lipinski definition) is 4. The van der Waals surface area contributed by atoms with Crippen molar-refractivity contribution in [3.63, 3.8) is 0 Å².